The van der Waals surface area contributed by atoms with E-state index in [0.717, 1.165) is 12.1 Å². The molecule has 14 heteroatoms. The highest BCUT2D eigenvalue weighted by atomic mass is 79.9. The third-order valence-corrected chi connectivity index (χ3v) is 10.3. The molecule has 49 heavy (non-hydrogen) atoms. The first-order valence-electron chi connectivity index (χ1n) is 15.1. The Morgan fingerprint density at radius 3 is 2.37 bits per heavy atom. The number of amides is 1. The second-order valence-electron chi connectivity index (χ2n) is 11.2. The Hall–Kier alpha value is -4.27. The van der Waals surface area contributed by atoms with Crippen LogP contribution in [0.25, 0.3) is 0 Å². The molecule has 0 unspecified atom stereocenters. The van der Waals surface area contributed by atoms with Crippen molar-refractivity contribution in [2.45, 2.75) is 42.1 Å². The largest absolute Gasteiger partial charge is 0.494 e. The van der Waals surface area contributed by atoms with Gasteiger partial charge < -0.3 is 19.9 Å². The molecule has 0 spiro atoms. The summed E-state index contributed by atoms with van der Waals surface area (Å²) in [5.74, 6) is -2.00. The SMILES string of the molecule is O=C(NCc1cc(F)cc(C(F)(F)F)c1)[C@]1(CCS(=O)(=O)c2ccccc2)N=C(c2ccc(OCCCO)cc2)O[C@@H]1c1ccccc1Br. The number of halogens is 5. The minimum Gasteiger partial charge on any atom is -0.494 e. The molecule has 2 N–H and O–H groups in total. The van der Waals surface area contributed by atoms with Gasteiger partial charge >= 0.3 is 6.18 Å². The number of nitrogens with zero attached hydrogens (tertiary/aromatic N) is 1. The second-order valence-corrected chi connectivity index (χ2v) is 14.2. The molecule has 1 heterocycles. The summed E-state index contributed by atoms with van der Waals surface area (Å²) in [6.07, 6.45) is -5.97. The van der Waals surface area contributed by atoms with Gasteiger partial charge in [-0.25, -0.2) is 17.8 Å². The van der Waals surface area contributed by atoms with Crippen LogP contribution in [0.5, 0.6) is 5.75 Å². The fourth-order valence-corrected chi connectivity index (χ4v) is 7.20. The molecule has 1 aliphatic rings. The highest BCUT2D eigenvalue weighted by molar-refractivity contribution is 9.10. The number of sulfone groups is 1. The van der Waals surface area contributed by atoms with Gasteiger partial charge in [0.2, 0.25) is 5.90 Å². The van der Waals surface area contributed by atoms with Crippen LogP contribution in [0, 0.1) is 5.82 Å². The van der Waals surface area contributed by atoms with Crippen molar-refractivity contribution in [3.8, 4) is 5.75 Å². The summed E-state index contributed by atoms with van der Waals surface area (Å²) in [6, 6.07) is 23.0. The summed E-state index contributed by atoms with van der Waals surface area (Å²) >= 11 is 3.50. The lowest BCUT2D eigenvalue weighted by Gasteiger charge is -2.31. The highest BCUT2D eigenvalue weighted by Crippen LogP contribution is 2.45. The minimum absolute atomic E-state index is 0.0139. The third-order valence-electron chi connectivity index (χ3n) is 7.81. The van der Waals surface area contributed by atoms with Crippen LogP contribution in [-0.2, 0) is 32.1 Å². The molecule has 2 atom stereocenters. The molecule has 1 aliphatic heterocycles. The van der Waals surface area contributed by atoms with Crippen molar-refractivity contribution in [3.05, 3.63) is 130 Å². The predicted octanol–water partition coefficient (Wildman–Crippen LogP) is 6.81. The monoisotopic (exact) mass is 762 g/mol. The van der Waals surface area contributed by atoms with Gasteiger partial charge in [0.25, 0.3) is 5.91 Å². The number of hydrogen-bond donors (Lipinski definition) is 2. The van der Waals surface area contributed by atoms with Gasteiger partial charge in [0, 0.05) is 41.6 Å². The van der Waals surface area contributed by atoms with E-state index in [0.29, 0.717) is 33.8 Å². The first-order chi connectivity index (χ1) is 23.3. The van der Waals surface area contributed by atoms with Crippen molar-refractivity contribution in [1.29, 1.82) is 0 Å². The van der Waals surface area contributed by atoms with Crippen LogP contribution in [0.4, 0.5) is 17.6 Å². The van der Waals surface area contributed by atoms with Crippen LogP contribution >= 0.6 is 15.9 Å². The van der Waals surface area contributed by atoms with Gasteiger partial charge in [0.15, 0.2) is 21.5 Å². The average Bonchev–Trinajstić information content (AvgIpc) is 3.47. The van der Waals surface area contributed by atoms with Gasteiger partial charge in [-0.3, -0.25) is 4.79 Å². The molecule has 0 fully saturated rings. The third kappa shape index (κ3) is 8.49. The van der Waals surface area contributed by atoms with Crippen LogP contribution in [0.15, 0.2) is 111 Å². The van der Waals surface area contributed by atoms with E-state index in [2.05, 4.69) is 21.2 Å². The van der Waals surface area contributed by atoms with Crippen molar-refractivity contribution in [1.82, 2.24) is 5.32 Å². The Balaban J connectivity index is 1.57. The first-order valence-corrected chi connectivity index (χ1v) is 17.5. The van der Waals surface area contributed by atoms with Crippen molar-refractivity contribution < 1.29 is 45.4 Å². The number of aliphatic imine (C=N–C) groups is 1. The summed E-state index contributed by atoms with van der Waals surface area (Å²) in [6.45, 7) is -0.265. The number of hydrogen-bond acceptors (Lipinski definition) is 7. The molecular formula is C35H31BrF4N2O6S. The number of ether oxygens (including phenoxy) is 2. The topological polar surface area (TPSA) is 114 Å². The molecule has 0 saturated carbocycles. The number of aliphatic hydroxyl groups is 1. The fourth-order valence-electron chi connectivity index (χ4n) is 5.32. The summed E-state index contributed by atoms with van der Waals surface area (Å²) < 4.78 is 94.0. The molecular weight excluding hydrogens is 732 g/mol. The van der Waals surface area contributed by atoms with Crippen LogP contribution in [0.3, 0.4) is 0 Å². The lowest BCUT2D eigenvalue weighted by atomic mass is 9.85. The Morgan fingerprint density at radius 1 is 1.00 bits per heavy atom. The molecule has 0 saturated heterocycles. The molecule has 0 radical (unpaired) electrons. The van der Waals surface area contributed by atoms with Gasteiger partial charge in [0.05, 0.1) is 22.8 Å². The van der Waals surface area contributed by atoms with E-state index in [4.69, 9.17) is 19.6 Å². The number of rotatable bonds is 13. The molecule has 5 rings (SSSR count). The van der Waals surface area contributed by atoms with Crippen molar-refractivity contribution >= 4 is 37.6 Å². The molecule has 0 aliphatic carbocycles. The van der Waals surface area contributed by atoms with E-state index in [1.807, 2.05) is 0 Å². The Morgan fingerprint density at radius 2 is 1.69 bits per heavy atom. The summed E-state index contributed by atoms with van der Waals surface area (Å²) in [5.41, 5.74) is -2.43. The van der Waals surface area contributed by atoms with Gasteiger partial charge in [-0.1, -0.05) is 52.3 Å². The quantitative estimate of drug-likeness (QED) is 0.114. The lowest BCUT2D eigenvalue weighted by Crippen LogP contribution is -2.49. The fraction of sp³-hybridized carbons (Fsp3) is 0.257. The van der Waals surface area contributed by atoms with Gasteiger partial charge in [0.1, 0.15) is 11.6 Å². The molecule has 0 aromatic heterocycles. The van der Waals surface area contributed by atoms with Crippen LogP contribution in [-0.4, -0.2) is 49.8 Å². The zero-order valence-corrected chi connectivity index (χ0v) is 28.2. The minimum atomic E-state index is -4.82. The first kappa shape index (κ1) is 36.0. The second kappa shape index (κ2) is 15.1. The molecule has 258 valence electrons. The normalized spacial score (nSPS) is 17.7. The van der Waals surface area contributed by atoms with E-state index in [1.165, 1.54) is 12.1 Å². The van der Waals surface area contributed by atoms with Crippen LogP contribution < -0.4 is 10.1 Å². The van der Waals surface area contributed by atoms with Crippen molar-refractivity contribution in [2.24, 2.45) is 4.99 Å². The van der Waals surface area contributed by atoms with E-state index in [1.54, 1.807) is 66.7 Å². The van der Waals surface area contributed by atoms with Gasteiger partial charge in [-0.15, -0.1) is 0 Å². The molecule has 0 bridgehead atoms. The molecule has 4 aromatic carbocycles. The number of nitrogens with one attached hydrogen (secondary N) is 1. The zero-order valence-electron chi connectivity index (χ0n) is 25.8. The Kier molecular flexibility index (Phi) is 11.1. The Bertz CT molecular complexity index is 1920. The molecule has 1 amide bonds. The number of alkyl halides is 3. The number of carbonyl (C=O) groups is 1. The van der Waals surface area contributed by atoms with E-state index in [9.17, 15) is 30.8 Å². The van der Waals surface area contributed by atoms with Crippen molar-refractivity contribution in [2.75, 3.05) is 19.0 Å². The zero-order chi connectivity index (χ0) is 35.2. The standard InChI is InChI=1S/C35H31BrF4N2O6S/c36-30-10-5-4-9-29(30)31-34(15-18-49(45,46)28-7-2-1-3-8-28,33(44)41-22-23-19-25(35(38,39)40)21-26(37)20-23)42-32(48-31)24-11-13-27(14-12-24)47-17-6-16-43/h1-5,7-14,19-21,31,43H,6,15-18,22H2,(H,41,44)/t31-,34-/m1/s1. The maximum absolute atomic E-state index is 14.4. The van der Waals surface area contributed by atoms with Gasteiger partial charge in [-0.2, -0.15) is 13.2 Å². The van der Waals surface area contributed by atoms with Crippen LogP contribution in [0.1, 0.15) is 41.2 Å². The van der Waals surface area contributed by atoms with Crippen LogP contribution in [0.2, 0.25) is 0 Å². The van der Waals surface area contributed by atoms with E-state index >= 15 is 0 Å². The lowest BCUT2D eigenvalue weighted by molar-refractivity contribution is -0.137. The highest BCUT2D eigenvalue weighted by Gasteiger charge is 2.54. The maximum Gasteiger partial charge on any atom is 0.416 e. The molecule has 8 nitrogen and oxygen atoms in total. The molecule has 4 aromatic rings. The summed E-state index contributed by atoms with van der Waals surface area (Å²) in [7, 11) is -3.95. The number of aliphatic hydroxyl groups excluding tert-OH is 1. The van der Waals surface area contributed by atoms with Gasteiger partial charge in [-0.05, 0) is 66.2 Å². The number of carbonyl (C=O) groups excluding carboxylic acids is 1. The smallest absolute Gasteiger partial charge is 0.416 e. The van der Waals surface area contributed by atoms with E-state index < -0.39 is 57.2 Å². The summed E-state index contributed by atoms with van der Waals surface area (Å²) in [4.78, 5) is 19.1. The average molecular weight is 764 g/mol. The summed E-state index contributed by atoms with van der Waals surface area (Å²) in [5, 5.41) is 11.6. The van der Waals surface area contributed by atoms with Crippen molar-refractivity contribution in [3.63, 3.8) is 0 Å². The van der Waals surface area contributed by atoms with E-state index in [-0.39, 0.29) is 36.0 Å². The predicted molar refractivity (Wildman–Crippen MR) is 177 cm³/mol. The number of benzene rings is 4. The Labute approximate surface area is 288 Å². The maximum atomic E-state index is 14.4.